The number of aliphatic hydroxyl groups excluding tert-OH is 3. The minimum absolute atomic E-state index is 0.0830. The van der Waals surface area contributed by atoms with Crippen molar-refractivity contribution in [3.05, 3.63) is 36.5 Å². The zero-order chi connectivity index (χ0) is 18.7. The van der Waals surface area contributed by atoms with Gasteiger partial charge in [0.2, 0.25) is 0 Å². The predicted molar refractivity (Wildman–Crippen MR) is 98.0 cm³/mol. The van der Waals surface area contributed by atoms with E-state index in [1.54, 1.807) is 6.08 Å². The Labute approximate surface area is 150 Å². The summed E-state index contributed by atoms with van der Waals surface area (Å²) in [5.41, 5.74) is 0. The molecule has 5 heteroatoms. The normalized spacial score (nSPS) is 28.5. The lowest BCUT2D eigenvalue weighted by Crippen LogP contribution is -2.20. The zero-order valence-corrected chi connectivity index (χ0v) is 15.0. The topological polar surface area (TPSA) is 98.0 Å². The highest BCUT2D eigenvalue weighted by molar-refractivity contribution is 5.66. The number of carbonyl (C=O) groups is 1. The second-order valence-corrected chi connectivity index (χ2v) is 6.67. The van der Waals surface area contributed by atoms with E-state index in [-0.39, 0.29) is 18.3 Å². The van der Waals surface area contributed by atoms with E-state index in [4.69, 9.17) is 5.11 Å². The molecule has 1 rings (SSSR count). The van der Waals surface area contributed by atoms with Crippen molar-refractivity contribution in [3.8, 4) is 0 Å². The first-order valence-corrected chi connectivity index (χ1v) is 9.20. The minimum atomic E-state index is -0.791. The molecule has 1 fully saturated rings. The maximum atomic E-state index is 10.5. The van der Waals surface area contributed by atoms with Gasteiger partial charge in [0.15, 0.2) is 0 Å². The van der Waals surface area contributed by atoms with E-state index < -0.39 is 24.3 Å². The highest BCUT2D eigenvalue weighted by Gasteiger charge is 2.39. The standard InChI is InChI=1S/C20H32O5/c1-2-3-6-9-15(21)12-13-17-16(18(22)14-19(17)23)10-7-4-5-8-11-20(24)25/h3-4,6-7,12-13,15-19,21-23H,2,5,8-11,14H2,1H3,(H,24,25)/b6-3-,7-4-,13-12+/t15-,16-,17+,18+,19-/m0/s1. The van der Waals surface area contributed by atoms with Crippen LogP contribution in [0.5, 0.6) is 0 Å². The van der Waals surface area contributed by atoms with Crippen molar-refractivity contribution in [2.45, 2.75) is 70.2 Å². The van der Waals surface area contributed by atoms with Gasteiger partial charge in [0.1, 0.15) is 0 Å². The number of aliphatic carboxylic acids is 1. The van der Waals surface area contributed by atoms with Crippen molar-refractivity contribution in [1.29, 1.82) is 0 Å². The molecule has 0 heterocycles. The molecule has 0 radical (unpaired) electrons. The van der Waals surface area contributed by atoms with Gasteiger partial charge in [-0.2, -0.15) is 0 Å². The first-order chi connectivity index (χ1) is 12.0. The van der Waals surface area contributed by atoms with Gasteiger partial charge in [-0.15, -0.1) is 0 Å². The van der Waals surface area contributed by atoms with Crippen LogP contribution in [0.15, 0.2) is 36.5 Å². The van der Waals surface area contributed by atoms with E-state index in [2.05, 4.69) is 0 Å². The van der Waals surface area contributed by atoms with E-state index in [9.17, 15) is 20.1 Å². The van der Waals surface area contributed by atoms with Crippen molar-refractivity contribution in [2.75, 3.05) is 0 Å². The van der Waals surface area contributed by atoms with E-state index >= 15 is 0 Å². The van der Waals surface area contributed by atoms with Crippen LogP contribution in [0, 0.1) is 11.8 Å². The maximum Gasteiger partial charge on any atom is 0.303 e. The average molecular weight is 352 g/mol. The number of hydrogen-bond donors (Lipinski definition) is 4. The molecule has 0 aromatic heterocycles. The third-order valence-electron chi connectivity index (χ3n) is 4.59. The molecular formula is C20H32O5. The highest BCUT2D eigenvalue weighted by atomic mass is 16.4. The molecule has 5 atom stereocenters. The minimum Gasteiger partial charge on any atom is -0.481 e. The van der Waals surface area contributed by atoms with Gasteiger partial charge in [-0.05, 0) is 38.0 Å². The largest absolute Gasteiger partial charge is 0.481 e. The van der Waals surface area contributed by atoms with Gasteiger partial charge in [0, 0.05) is 18.8 Å². The first kappa shape index (κ1) is 21.6. The zero-order valence-electron chi connectivity index (χ0n) is 15.0. The number of unbranched alkanes of at least 4 members (excludes halogenated alkanes) is 1. The fourth-order valence-corrected chi connectivity index (χ4v) is 3.19. The Bertz CT molecular complexity index is 469. The van der Waals surface area contributed by atoms with Crippen molar-refractivity contribution in [1.82, 2.24) is 0 Å². The summed E-state index contributed by atoms with van der Waals surface area (Å²) < 4.78 is 0. The molecule has 142 valence electrons. The van der Waals surface area contributed by atoms with Gasteiger partial charge in [0.05, 0.1) is 18.3 Å². The first-order valence-electron chi connectivity index (χ1n) is 9.20. The molecule has 1 aliphatic rings. The molecule has 0 unspecified atom stereocenters. The second kappa shape index (κ2) is 12.0. The van der Waals surface area contributed by atoms with Crippen LogP contribution in [0.4, 0.5) is 0 Å². The van der Waals surface area contributed by atoms with Crippen LogP contribution in [-0.4, -0.2) is 44.7 Å². The highest BCUT2D eigenvalue weighted by Crippen LogP contribution is 2.36. The molecule has 0 bridgehead atoms. The van der Waals surface area contributed by atoms with Crippen molar-refractivity contribution >= 4 is 5.97 Å². The molecule has 1 saturated carbocycles. The van der Waals surface area contributed by atoms with Crippen LogP contribution in [0.1, 0.15) is 51.9 Å². The maximum absolute atomic E-state index is 10.5. The number of aliphatic hydroxyl groups is 3. The van der Waals surface area contributed by atoms with Gasteiger partial charge in [0.25, 0.3) is 0 Å². The van der Waals surface area contributed by atoms with Gasteiger partial charge >= 0.3 is 5.97 Å². The molecule has 0 saturated heterocycles. The number of carboxylic acids is 1. The Morgan fingerprint density at radius 3 is 2.60 bits per heavy atom. The number of hydrogen-bond acceptors (Lipinski definition) is 4. The smallest absolute Gasteiger partial charge is 0.303 e. The van der Waals surface area contributed by atoms with Gasteiger partial charge in [-0.1, -0.05) is 43.4 Å². The summed E-state index contributed by atoms with van der Waals surface area (Å²) in [5.74, 6) is -1.05. The predicted octanol–water partition coefficient (Wildman–Crippen LogP) is 2.82. The summed E-state index contributed by atoms with van der Waals surface area (Å²) in [4.78, 5) is 10.5. The van der Waals surface area contributed by atoms with Crippen molar-refractivity contribution in [2.24, 2.45) is 11.8 Å². The number of allylic oxidation sites excluding steroid dienone is 3. The monoisotopic (exact) mass is 352 g/mol. The molecule has 0 aromatic rings. The number of carboxylic acid groups (broad SMARTS) is 1. The molecule has 0 aliphatic heterocycles. The van der Waals surface area contributed by atoms with Gasteiger partial charge in [-0.3, -0.25) is 4.79 Å². The molecule has 0 amide bonds. The second-order valence-electron chi connectivity index (χ2n) is 6.67. The van der Waals surface area contributed by atoms with Crippen LogP contribution in [0.2, 0.25) is 0 Å². The number of rotatable bonds is 11. The van der Waals surface area contributed by atoms with Crippen LogP contribution in [-0.2, 0) is 4.79 Å². The lowest BCUT2D eigenvalue weighted by Gasteiger charge is -2.19. The molecule has 0 aromatic carbocycles. The third-order valence-corrected chi connectivity index (χ3v) is 4.59. The summed E-state index contributed by atoms with van der Waals surface area (Å²) in [7, 11) is 0. The molecule has 0 spiro atoms. The Balaban J connectivity index is 2.50. The molecule has 25 heavy (non-hydrogen) atoms. The van der Waals surface area contributed by atoms with E-state index in [0.29, 0.717) is 32.1 Å². The average Bonchev–Trinajstić information content (AvgIpc) is 2.82. The summed E-state index contributed by atoms with van der Waals surface area (Å²) in [6.45, 7) is 2.04. The van der Waals surface area contributed by atoms with Crippen molar-refractivity contribution in [3.63, 3.8) is 0 Å². The van der Waals surface area contributed by atoms with Crippen LogP contribution in [0.25, 0.3) is 0 Å². The Morgan fingerprint density at radius 2 is 1.92 bits per heavy atom. The van der Waals surface area contributed by atoms with E-state index in [1.165, 1.54) is 0 Å². The Kier molecular flexibility index (Phi) is 10.4. The third kappa shape index (κ3) is 8.47. The fourth-order valence-electron chi connectivity index (χ4n) is 3.19. The van der Waals surface area contributed by atoms with Gasteiger partial charge in [-0.25, -0.2) is 0 Å². The van der Waals surface area contributed by atoms with Crippen LogP contribution >= 0.6 is 0 Å². The molecular weight excluding hydrogens is 320 g/mol. The lowest BCUT2D eigenvalue weighted by molar-refractivity contribution is -0.137. The van der Waals surface area contributed by atoms with Crippen LogP contribution < -0.4 is 0 Å². The SMILES string of the molecule is CC/C=C\C[C@H](O)/C=C/[C@@H]1[C@H](C/C=C\CCCC(=O)O)[C@H](O)C[C@@H]1O. The van der Waals surface area contributed by atoms with E-state index in [0.717, 1.165) is 6.42 Å². The summed E-state index contributed by atoms with van der Waals surface area (Å²) in [5, 5.41) is 38.9. The molecule has 4 N–H and O–H groups in total. The Morgan fingerprint density at radius 1 is 1.16 bits per heavy atom. The lowest BCUT2D eigenvalue weighted by atomic mass is 9.89. The van der Waals surface area contributed by atoms with Crippen molar-refractivity contribution < 1.29 is 25.2 Å². The molecule has 1 aliphatic carbocycles. The van der Waals surface area contributed by atoms with Gasteiger partial charge < -0.3 is 20.4 Å². The fraction of sp³-hybridized carbons (Fsp3) is 0.650. The van der Waals surface area contributed by atoms with E-state index in [1.807, 2.05) is 37.3 Å². The summed E-state index contributed by atoms with van der Waals surface area (Å²) in [6.07, 6.45) is 13.5. The summed E-state index contributed by atoms with van der Waals surface area (Å²) in [6, 6.07) is 0. The van der Waals surface area contributed by atoms with Crippen LogP contribution in [0.3, 0.4) is 0 Å². The Hall–Kier alpha value is -1.43. The quantitative estimate of drug-likeness (QED) is 0.339. The molecule has 5 nitrogen and oxygen atoms in total. The summed E-state index contributed by atoms with van der Waals surface area (Å²) >= 11 is 0.